The molecule has 0 amide bonds. The van der Waals surface area contributed by atoms with Crippen molar-refractivity contribution >= 4 is 5.69 Å². The fraction of sp³-hybridized carbons (Fsp3) is 0.500. The number of methoxy groups -OCH3 is 1. The summed E-state index contributed by atoms with van der Waals surface area (Å²) < 4.78 is 5.22. The van der Waals surface area contributed by atoms with Crippen LogP contribution < -0.4 is 4.90 Å². The van der Waals surface area contributed by atoms with Gasteiger partial charge in [0, 0.05) is 32.0 Å². The topological polar surface area (TPSA) is 32.7 Å². The quantitative estimate of drug-likeness (QED) is 0.803. The predicted molar refractivity (Wildman–Crippen MR) is 60.6 cm³/mol. The maximum Gasteiger partial charge on any atom is 0.120 e. The third-order valence-electron chi connectivity index (χ3n) is 3.17. The molecule has 0 aromatic heterocycles. The normalized spacial score (nSPS) is 16.6. The number of aryl methyl sites for hydroxylation is 1. The van der Waals surface area contributed by atoms with Gasteiger partial charge in [-0.3, -0.25) is 0 Å². The molecule has 1 aromatic rings. The van der Waals surface area contributed by atoms with Crippen LogP contribution >= 0.6 is 0 Å². The smallest absolute Gasteiger partial charge is 0.120 e. The SMILES string of the molecule is COC1CN(c2cc(C)c(C)c(O)c2)C1. The Hall–Kier alpha value is -1.22. The molecule has 0 radical (unpaired) electrons. The van der Waals surface area contributed by atoms with Crippen LogP contribution in [0.2, 0.25) is 0 Å². The second-order valence-corrected chi connectivity index (χ2v) is 4.17. The number of benzene rings is 1. The molecule has 0 spiro atoms. The van der Waals surface area contributed by atoms with Gasteiger partial charge in [0.2, 0.25) is 0 Å². The molecule has 0 unspecified atom stereocenters. The Morgan fingerprint density at radius 1 is 1.33 bits per heavy atom. The average molecular weight is 207 g/mol. The third kappa shape index (κ3) is 1.79. The van der Waals surface area contributed by atoms with Crippen LogP contribution in [0.1, 0.15) is 11.1 Å². The van der Waals surface area contributed by atoms with E-state index in [2.05, 4.69) is 11.0 Å². The molecule has 1 aliphatic rings. The lowest BCUT2D eigenvalue weighted by atomic mass is 10.0. The Balaban J connectivity index is 2.17. The van der Waals surface area contributed by atoms with Gasteiger partial charge in [-0.05, 0) is 31.0 Å². The van der Waals surface area contributed by atoms with E-state index in [1.165, 1.54) is 0 Å². The second-order valence-electron chi connectivity index (χ2n) is 4.17. The third-order valence-corrected chi connectivity index (χ3v) is 3.17. The van der Waals surface area contributed by atoms with Gasteiger partial charge < -0.3 is 14.7 Å². The molecule has 3 heteroatoms. The number of hydrogen-bond acceptors (Lipinski definition) is 3. The van der Waals surface area contributed by atoms with Crippen molar-refractivity contribution in [2.45, 2.75) is 20.0 Å². The molecule has 1 saturated heterocycles. The highest BCUT2D eigenvalue weighted by Crippen LogP contribution is 2.30. The van der Waals surface area contributed by atoms with E-state index in [0.29, 0.717) is 11.9 Å². The number of anilines is 1. The van der Waals surface area contributed by atoms with Crippen molar-refractivity contribution < 1.29 is 9.84 Å². The van der Waals surface area contributed by atoms with Gasteiger partial charge in [0.25, 0.3) is 0 Å². The molecule has 0 bridgehead atoms. The molecule has 1 heterocycles. The Morgan fingerprint density at radius 3 is 2.53 bits per heavy atom. The summed E-state index contributed by atoms with van der Waals surface area (Å²) >= 11 is 0. The Labute approximate surface area is 90.3 Å². The van der Waals surface area contributed by atoms with Crippen molar-refractivity contribution in [1.82, 2.24) is 0 Å². The molecule has 2 rings (SSSR count). The number of rotatable bonds is 2. The first-order valence-corrected chi connectivity index (χ1v) is 5.19. The molecule has 0 saturated carbocycles. The minimum absolute atomic E-state index is 0.341. The van der Waals surface area contributed by atoms with Crippen molar-refractivity contribution in [2.75, 3.05) is 25.1 Å². The van der Waals surface area contributed by atoms with Crippen LogP contribution in [-0.2, 0) is 4.74 Å². The summed E-state index contributed by atoms with van der Waals surface area (Å²) in [6.07, 6.45) is 0.341. The molecular weight excluding hydrogens is 190 g/mol. The Morgan fingerprint density at radius 2 is 2.00 bits per heavy atom. The zero-order valence-corrected chi connectivity index (χ0v) is 9.45. The van der Waals surface area contributed by atoms with E-state index >= 15 is 0 Å². The van der Waals surface area contributed by atoms with Crippen LogP contribution in [0.25, 0.3) is 0 Å². The van der Waals surface area contributed by atoms with Gasteiger partial charge in [0.15, 0.2) is 0 Å². The summed E-state index contributed by atoms with van der Waals surface area (Å²) in [5.74, 6) is 0.380. The lowest BCUT2D eigenvalue weighted by molar-refractivity contribution is 0.0787. The standard InChI is InChI=1S/C12H17NO2/c1-8-4-10(5-12(14)9(8)2)13-6-11(7-13)15-3/h4-5,11,14H,6-7H2,1-3H3. The number of aromatic hydroxyl groups is 1. The fourth-order valence-electron chi connectivity index (χ4n) is 1.80. The van der Waals surface area contributed by atoms with Gasteiger partial charge in [-0.15, -0.1) is 0 Å². The van der Waals surface area contributed by atoms with Crippen molar-refractivity contribution in [3.63, 3.8) is 0 Å². The number of hydrogen-bond donors (Lipinski definition) is 1. The lowest BCUT2D eigenvalue weighted by Crippen LogP contribution is -2.51. The van der Waals surface area contributed by atoms with E-state index in [1.54, 1.807) is 7.11 Å². The van der Waals surface area contributed by atoms with Crippen molar-refractivity contribution in [3.8, 4) is 5.75 Å². The van der Waals surface area contributed by atoms with E-state index in [0.717, 1.165) is 29.9 Å². The fourth-order valence-corrected chi connectivity index (χ4v) is 1.80. The molecule has 82 valence electrons. The number of ether oxygens (including phenoxy) is 1. The van der Waals surface area contributed by atoms with E-state index in [9.17, 15) is 5.11 Å². The van der Waals surface area contributed by atoms with E-state index in [-0.39, 0.29) is 0 Å². The number of nitrogens with zero attached hydrogens (tertiary/aromatic N) is 1. The molecule has 1 fully saturated rings. The largest absolute Gasteiger partial charge is 0.508 e. The summed E-state index contributed by atoms with van der Waals surface area (Å²) in [4.78, 5) is 2.21. The first-order valence-electron chi connectivity index (χ1n) is 5.19. The van der Waals surface area contributed by atoms with Gasteiger partial charge in [-0.1, -0.05) is 0 Å². The monoisotopic (exact) mass is 207 g/mol. The van der Waals surface area contributed by atoms with Gasteiger partial charge in [-0.25, -0.2) is 0 Å². The molecule has 1 aliphatic heterocycles. The summed E-state index contributed by atoms with van der Waals surface area (Å²) in [6, 6.07) is 3.94. The molecule has 0 aliphatic carbocycles. The van der Waals surface area contributed by atoms with Gasteiger partial charge >= 0.3 is 0 Å². The highest BCUT2D eigenvalue weighted by molar-refractivity contribution is 5.57. The van der Waals surface area contributed by atoms with E-state index in [4.69, 9.17) is 4.74 Å². The zero-order chi connectivity index (χ0) is 11.0. The zero-order valence-electron chi connectivity index (χ0n) is 9.45. The summed E-state index contributed by atoms with van der Waals surface area (Å²) in [5.41, 5.74) is 3.18. The van der Waals surface area contributed by atoms with Crippen LogP contribution in [0.3, 0.4) is 0 Å². The number of phenolic OH excluding ortho intramolecular Hbond substituents is 1. The van der Waals surface area contributed by atoms with Gasteiger partial charge in [0.1, 0.15) is 5.75 Å². The Kier molecular flexibility index (Phi) is 2.57. The molecule has 15 heavy (non-hydrogen) atoms. The number of phenols is 1. The first kappa shape index (κ1) is 10.3. The van der Waals surface area contributed by atoms with Crippen LogP contribution in [0, 0.1) is 13.8 Å². The van der Waals surface area contributed by atoms with Crippen LogP contribution in [0.15, 0.2) is 12.1 Å². The first-order chi connectivity index (χ1) is 7.11. The van der Waals surface area contributed by atoms with Crippen molar-refractivity contribution in [3.05, 3.63) is 23.3 Å². The van der Waals surface area contributed by atoms with Crippen LogP contribution in [-0.4, -0.2) is 31.4 Å². The minimum Gasteiger partial charge on any atom is -0.508 e. The minimum atomic E-state index is 0.341. The molecular formula is C12H17NO2. The lowest BCUT2D eigenvalue weighted by Gasteiger charge is -2.40. The molecule has 1 aromatic carbocycles. The highest BCUT2D eigenvalue weighted by Gasteiger charge is 2.27. The average Bonchev–Trinajstić information content (AvgIpc) is 2.12. The summed E-state index contributed by atoms with van der Waals surface area (Å²) in [5, 5.41) is 9.71. The van der Waals surface area contributed by atoms with E-state index < -0.39 is 0 Å². The maximum absolute atomic E-state index is 9.71. The molecule has 0 atom stereocenters. The van der Waals surface area contributed by atoms with Gasteiger partial charge in [-0.2, -0.15) is 0 Å². The summed E-state index contributed by atoms with van der Waals surface area (Å²) in [6.45, 7) is 5.78. The molecule has 3 nitrogen and oxygen atoms in total. The molecule has 1 N–H and O–H groups in total. The van der Waals surface area contributed by atoms with E-state index in [1.807, 2.05) is 19.9 Å². The Bertz CT molecular complexity index is 347. The van der Waals surface area contributed by atoms with Crippen LogP contribution in [0.5, 0.6) is 5.75 Å². The highest BCUT2D eigenvalue weighted by atomic mass is 16.5. The van der Waals surface area contributed by atoms with Gasteiger partial charge in [0.05, 0.1) is 6.10 Å². The van der Waals surface area contributed by atoms with Crippen molar-refractivity contribution in [2.24, 2.45) is 0 Å². The summed E-state index contributed by atoms with van der Waals surface area (Å²) in [7, 11) is 1.74. The van der Waals surface area contributed by atoms with Crippen LogP contribution in [0.4, 0.5) is 5.69 Å². The van der Waals surface area contributed by atoms with Crippen molar-refractivity contribution in [1.29, 1.82) is 0 Å². The predicted octanol–water partition coefficient (Wildman–Crippen LogP) is 1.84. The second kappa shape index (κ2) is 3.74. The maximum atomic E-state index is 9.71.